The van der Waals surface area contributed by atoms with Crippen molar-refractivity contribution in [3.05, 3.63) is 95.1 Å². The summed E-state index contributed by atoms with van der Waals surface area (Å²) >= 11 is 5.97. The number of fused-ring (bicyclic) bond motifs is 1. The second-order valence-corrected chi connectivity index (χ2v) is 11.2. The number of aryl methyl sites for hydroxylation is 2. The van der Waals surface area contributed by atoms with Gasteiger partial charge < -0.3 is 29.6 Å². The highest BCUT2D eigenvalue weighted by atomic mass is 32.1. The Morgan fingerprint density at radius 2 is 1.80 bits per heavy atom. The number of carbonyl (C=O) groups is 1. The molecule has 0 aliphatic carbocycles. The van der Waals surface area contributed by atoms with Crippen LogP contribution in [0.15, 0.2) is 66.9 Å². The summed E-state index contributed by atoms with van der Waals surface area (Å²) in [5, 5.41) is 7.21. The number of nitrogens with zero attached hydrogens (tertiary/aromatic N) is 3. The molecule has 41 heavy (non-hydrogen) atoms. The fraction of sp³-hybridized carbons (Fsp3) is 0.281. The zero-order valence-electron chi connectivity index (χ0n) is 23.8. The first-order valence-electron chi connectivity index (χ1n) is 13.7. The predicted octanol–water partition coefficient (Wildman–Crippen LogP) is 6.30. The summed E-state index contributed by atoms with van der Waals surface area (Å²) in [7, 11) is 0. The number of amides is 1. The van der Waals surface area contributed by atoms with E-state index in [2.05, 4.69) is 52.1 Å². The Morgan fingerprint density at radius 1 is 1.02 bits per heavy atom. The van der Waals surface area contributed by atoms with E-state index >= 15 is 0 Å². The van der Waals surface area contributed by atoms with Gasteiger partial charge in [0, 0.05) is 46.6 Å². The smallest absolute Gasteiger partial charge is 0.231 e. The zero-order valence-corrected chi connectivity index (χ0v) is 24.6. The molecule has 210 valence electrons. The van der Waals surface area contributed by atoms with Crippen LogP contribution in [0.3, 0.4) is 0 Å². The number of pyridine rings is 1. The minimum absolute atomic E-state index is 0.0109. The summed E-state index contributed by atoms with van der Waals surface area (Å²) < 4.78 is 13.4. The number of nitrogens with one attached hydrogen (secondary N) is 2. The number of thiocarbonyl (C=S) groups is 1. The Hall–Kier alpha value is -4.37. The molecule has 2 atom stereocenters. The van der Waals surface area contributed by atoms with Gasteiger partial charge in [0.2, 0.25) is 12.7 Å². The lowest BCUT2D eigenvalue weighted by Gasteiger charge is -2.29. The van der Waals surface area contributed by atoms with Crippen molar-refractivity contribution in [1.82, 2.24) is 14.9 Å². The highest BCUT2D eigenvalue weighted by Gasteiger charge is 2.42. The highest BCUT2D eigenvalue weighted by molar-refractivity contribution is 7.80. The van der Waals surface area contributed by atoms with Crippen molar-refractivity contribution in [2.75, 3.05) is 17.0 Å². The Kier molecular flexibility index (Phi) is 6.91. The molecule has 0 radical (unpaired) electrons. The second kappa shape index (κ2) is 10.6. The fourth-order valence-electron chi connectivity index (χ4n) is 5.67. The van der Waals surface area contributed by atoms with Gasteiger partial charge in [0.25, 0.3) is 0 Å². The third-order valence-corrected chi connectivity index (χ3v) is 8.09. The van der Waals surface area contributed by atoms with Gasteiger partial charge in [-0.15, -0.1) is 0 Å². The molecule has 2 aliphatic heterocycles. The van der Waals surface area contributed by atoms with E-state index in [-0.39, 0.29) is 30.7 Å². The van der Waals surface area contributed by atoms with Crippen molar-refractivity contribution in [1.29, 1.82) is 0 Å². The molecule has 4 heterocycles. The molecule has 4 aromatic rings. The van der Waals surface area contributed by atoms with E-state index < -0.39 is 0 Å². The predicted molar refractivity (Wildman–Crippen MR) is 164 cm³/mol. The Balaban J connectivity index is 1.44. The first-order valence-corrected chi connectivity index (χ1v) is 14.1. The number of aromatic nitrogens is 2. The van der Waals surface area contributed by atoms with Crippen molar-refractivity contribution < 1.29 is 14.3 Å². The van der Waals surface area contributed by atoms with Crippen LogP contribution in [0.1, 0.15) is 54.1 Å². The molecule has 8 nitrogen and oxygen atoms in total. The van der Waals surface area contributed by atoms with Crippen LogP contribution in [0.4, 0.5) is 11.4 Å². The van der Waals surface area contributed by atoms with E-state index in [0.29, 0.717) is 5.11 Å². The van der Waals surface area contributed by atoms with Crippen LogP contribution in [-0.4, -0.2) is 27.4 Å². The summed E-state index contributed by atoms with van der Waals surface area (Å²) in [5.74, 6) is 1.39. The van der Waals surface area contributed by atoms with Gasteiger partial charge in [0.1, 0.15) is 0 Å². The van der Waals surface area contributed by atoms with Crippen LogP contribution in [0, 0.1) is 26.7 Å². The van der Waals surface area contributed by atoms with E-state index in [4.69, 9.17) is 26.7 Å². The average molecular weight is 568 g/mol. The summed E-state index contributed by atoms with van der Waals surface area (Å²) in [5.41, 5.74) is 7.95. The molecule has 9 heteroatoms. The highest BCUT2D eigenvalue weighted by Crippen LogP contribution is 2.45. The van der Waals surface area contributed by atoms with Gasteiger partial charge in [-0.3, -0.25) is 9.78 Å². The van der Waals surface area contributed by atoms with Crippen molar-refractivity contribution in [2.45, 2.75) is 46.7 Å². The molecule has 1 saturated heterocycles. The number of rotatable bonds is 6. The number of hydrogen-bond acceptors (Lipinski definition) is 5. The minimum Gasteiger partial charge on any atom is -0.454 e. The maximum Gasteiger partial charge on any atom is 0.231 e. The van der Waals surface area contributed by atoms with E-state index in [9.17, 15) is 4.79 Å². The van der Waals surface area contributed by atoms with Gasteiger partial charge in [0.05, 0.1) is 17.8 Å². The fourth-order valence-corrected chi connectivity index (χ4v) is 6.02. The maximum atomic E-state index is 12.4. The molecule has 1 fully saturated rings. The van der Waals surface area contributed by atoms with Crippen LogP contribution in [0.5, 0.6) is 11.5 Å². The van der Waals surface area contributed by atoms with Crippen molar-refractivity contribution >= 4 is 34.6 Å². The van der Waals surface area contributed by atoms with Gasteiger partial charge in [-0.25, -0.2) is 0 Å². The molecule has 0 saturated carbocycles. The molecule has 2 aliphatic rings. The van der Waals surface area contributed by atoms with E-state index in [1.165, 1.54) is 0 Å². The first-order chi connectivity index (χ1) is 19.7. The van der Waals surface area contributed by atoms with Crippen LogP contribution < -0.4 is 25.0 Å². The normalized spacial score (nSPS) is 17.7. The lowest BCUT2D eigenvalue weighted by Crippen LogP contribution is -2.29. The third-order valence-electron chi connectivity index (χ3n) is 7.77. The molecular weight excluding hydrogens is 534 g/mol. The quantitative estimate of drug-likeness (QED) is 0.265. The lowest BCUT2D eigenvalue weighted by atomic mass is 9.96. The Morgan fingerprint density at radius 3 is 2.54 bits per heavy atom. The van der Waals surface area contributed by atoms with Gasteiger partial charge >= 0.3 is 0 Å². The van der Waals surface area contributed by atoms with Crippen LogP contribution in [-0.2, 0) is 4.79 Å². The van der Waals surface area contributed by atoms with Crippen LogP contribution in [0.2, 0.25) is 0 Å². The standard InChI is InChI=1S/C32H33N5O3S/c1-18(2)31(38)34-25-11-9-22(14-19(25)3)37-30(29(35-32(37)41)26-8-6-7-13-33-26)24-15-20(4)36(21(24)5)23-10-12-27-28(16-23)40-17-39-27/h6-16,18,29-30H,17H2,1-5H3,(H,34,38)(H,35,41)/t29-,30+/m0/s1. The van der Waals surface area contributed by atoms with Gasteiger partial charge in [-0.2, -0.15) is 0 Å². The molecular formula is C32H33N5O3S. The van der Waals surface area contributed by atoms with Crippen LogP contribution in [0.25, 0.3) is 5.69 Å². The van der Waals surface area contributed by atoms with Gasteiger partial charge in [0.15, 0.2) is 16.6 Å². The van der Waals surface area contributed by atoms with Gasteiger partial charge in [-0.05, 0) is 92.6 Å². The van der Waals surface area contributed by atoms with Crippen molar-refractivity contribution in [2.24, 2.45) is 5.92 Å². The van der Waals surface area contributed by atoms with E-state index in [1.54, 1.807) is 0 Å². The van der Waals surface area contributed by atoms with Crippen molar-refractivity contribution in [3.63, 3.8) is 0 Å². The summed E-state index contributed by atoms with van der Waals surface area (Å²) in [6.45, 7) is 10.3. The molecule has 2 N–H and O–H groups in total. The van der Waals surface area contributed by atoms with Crippen molar-refractivity contribution in [3.8, 4) is 17.2 Å². The molecule has 2 aromatic carbocycles. The van der Waals surface area contributed by atoms with E-state index in [1.807, 2.05) is 69.4 Å². The zero-order chi connectivity index (χ0) is 28.8. The molecule has 2 aromatic heterocycles. The first kappa shape index (κ1) is 26.8. The number of ether oxygens (including phenoxy) is 2. The third kappa shape index (κ3) is 4.80. The average Bonchev–Trinajstić information content (AvgIpc) is 3.64. The molecule has 1 amide bonds. The topological polar surface area (TPSA) is 80.7 Å². The summed E-state index contributed by atoms with van der Waals surface area (Å²) in [4.78, 5) is 19.2. The SMILES string of the molecule is Cc1cc(N2C(=S)N[C@@H](c3ccccn3)[C@H]2c2cc(C)n(-c3ccc4c(c3)OCO4)c2C)ccc1NC(=O)C(C)C. The van der Waals surface area contributed by atoms with E-state index in [0.717, 1.165) is 56.8 Å². The molecule has 0 bridgehead atoms. The largest absolute Gasteiger partial charge is 0.454 e. The molecule has 0 unspecified atom stereocenters. The number of hydrogen-bond donors (Lipinski definition) is 2. The van der Waals surface area contributed by atoms with Gasteiger partial charge in [-0.1, -0.05) is 19.9 Å². The summed E-state index contributed by atoms with van der Waals surface area (Å²) in [6, 6.07) is 19.9. The number of carbonyl (C=O) groups excluding carboxylic acids is 1. The monoisotopic (exact) mass is 567 g/mol. The number of benzene rings is 2. The Labute approximate surface area is 245 Å². The molecule has 0 spiro atoms. The minimum atomic E-state index is -0.171. The molecule has 6 rings (SSSR count). The number of anilines is 2. The second-order valence-electron chi connectivity index (χ2n) is 10.8. The lowest BCUT2D eigenvalue weighted by molar-refractivity contribution is -0.118. The summed E-state index contributed by atoms with van der Waals surface area (Å²) in [6.07, 6.45) is 1.81. The maximum absolute atomic E-state index is 12.4. The Bertz CT molecular complexity index is 1650. The van der Waals surface area contributed by atoms with Crippen LogP contribution >= 0.6 is 12.2 Å².